The average Bonchev–Trinajstić information content (AvgIpc) is 2.68. The Kier molecular flexibility index (Phi) is 19.9. The van der Waals surface area contributed by atoms with Gasteiger partial charge in [0.2, 0.25) is 10.0 Å². The summed E-state index contributed by atoms with van der Waals surface area (Å²) in [5, 5.41) is 0. The van der Waals surface area contributed by atoms with E-state index in [1.54, 1.807) is 10.4 Å². The van der Waals surface area contributed by atoms with Gasteiger partial charge in [0.1, 0.15) is 0 Å². The van der Waals surface area contributed by atoms with Gasteiger partial charge in [-0.05, 0) is 39.2 Å². The van der Waals surface area contributed by atoms with Crippen molar-refractivity contribution in [2.75, 3.05) is 25.5 Å². The van der Waals surface area contributed by atoms with Gasteiger partial charge in [-0.3, -0.25) is 0 Å². The van der Waals surface area contributed by atoms with Crippen LogP contribution in [0.3, 0.4) is 0 Å². The summed E-state index contributed by atoms with van der Waals surface area (Å²) in [4.78, 5) is 0. The second kappa shape index (κ2) is 19.3. The third-order valence-corrected chi connectivity index (χ3v) is 5.17. The Morgan fingerprint density at radius 3 is 2.26 bits per heavy atom. The third kappa shape index (κ3) is 15.3. The molecule has 0 saturated carbocycles. The summed E-state index contributed by atoms with van der Waals surface area (Å²) in [6.07, 6.45) is 6.95. The van der Waals surface area contributed by atoms with E-state index in [0.717, 1.165) is 12.0 Å². The molecule has 0 radical (unpaired) electrons. The first-order chi connectivity index (χ1) is 13.0. The fourth-order valence-corrected chi connectivity index (χ4v) is 3.58. The maximum atomic E-state index is 12.5. The predicted octanol–water partition coefficient (Wildman–Crippen LogP) is 5.43. The zero-order valence-electron chi connectivity index (χ0n) is 17.9. The Morgan fingerprint density at radius 2 is 1.74 bits per heavy atom. The van der Waals surface area contributed by atoms with Gasteiger partial charge < -0.3 is 4.74 Å². The molecule has 0 aliphatic heterocycles. The quantitative estimate of drug-likeness (QED) is 0.369. The van der Waals surface area contributed by atoms with Gasteiger partial charge in [0.05, 0.1) is 5.75 Å². The molecular formula is C22H39NO3S. The van der Waals surface area contributed by atoms with E-state index in [9.17, 15) is 8.42 Å². The smallest absolute Gasteiger partial charge is 0.214 e. The topological polar surface area (TPSA) is 46.6 Å². The lowest BCUT2D eigenvalue weighted by molar-refractivity contribution is 0.148. The number of ether oxygens (including phenoxy) is 1. The summed E-state index contributed by atoms with van der Waals surface area (Å²) in [7, 11) is -3.26. The van der Waals surface area contributed by atoms with Crippen LogP contribution in [0.15, 0.2) is 55.1 Å². The number of allylic oxidation sites excluding steroid dienone is 2. The van der Waals surface area contributed by atoms with Crippen molar-refractivity contribution in [2.24, 2.45) is 0 Å². The van der Waals surface area contributed by atoms with Gasteiger partial charge >= 0.3 is 0 Å². The van der Waals surface area contributed by atoms with Crippen molar-refractivity contribution < 1.29 is 13.2 Å². The molecule has 0 aliphatic carbocycles. The molecule has 0 fully saturated rings. The molecule has 1 aromatic rings. The molecule has 5 heteroatoms. The van der Waals surface area contributed by atoms with Gasteiger partial charge in [0.25, 0.3) is 0 Å². The molecule has 0 unspecified atom stereocenters. The van der Waals surface area contributed by atoms with Gasteiger partial charge in [0.15, 0.2) is 0 Å². The van der Waals surface area contributed by atoms with Gasteiger partial charge in [-0.25, -0.2) is 8.42 Å². The molecule has 1 aromatic carbocycles. The molecule has 0 aromatic heterocycles. The number of hydrogen-bond donors (Lipinski definition) is 0. The second-order valence-corrected chi connectivity index (χ2v) is 7.54. The van der Waals surface area contributed by atoms with Crippen LogP contribution in [-0.4, -0.2) is 38.2 Å². The van der Waals surface area contributed by atoms with Gasteiger partial charge in [0, 0.05) is 26.3 Å². The molecule has 0 atom stereocenters. The van der Waals surface area contributed by atoms with Crippen LogP contribution in [0.4, 0.5) is 0 Å². The maximum Gasteiger partial charge on any atom is 0.214 e. The highest BCUT2D eigenvalue weighted by Crippen LogP contribution is 2.12. The molecule has 27 heavy (non-hydrogen) atoms. The Hall–Kier alpha value is -1.43. The molecule has 0 heterocycles. The molecule has 4 nitrogen and oxygen atoms in total. The van der Waals surface area contributed by atoms with Crippen molar-refractivity contribution in [3.05, 3.63) is 60.7 Å². The van der Waals surface area contributed by atoms with Crippen molar-refractivity contribution in [1.82, 2.24) is 4.31 Å². The molecule has 0 aliphatic rings. The number of nitrogens with zero attached hydrogens (tertiary/aromatic N) is 1. The summed E-state index contributed by atoms with van der Waals surface area (Å²) in [6.45, 7) is 15.1. The number of benzene rings is 1. The monoisotopic (exact) mass is 397 g/mol. The van der Waals surface area contributed by atoms with Crippen molar-refractivity contribution >= 4 is 10.0 Å². The van der Waals surface area contributed by atoms with Crippen molar-refractivity contribution in [3.63, 3.8) is 0 Å². The average molecular weight is 398 g/mol. The van der Waals surface area contributed by atoms with Crippen LogP contribution in [0.5, 0.6) is 0 Å². The van der Waals surface area contributed by atoms with Crippen LogP contribution >= 0.6 is 0 Å². The number of hydrogen-bond acceptors (Lipinski definition) is 3. The number of rotatable bonds is 11. The van der Waals surface area contributed by atoms with Crippen molar-refractivity contribution in [3.8, 4) is 0 Å². The Balaban J connectivity index is 0. The molecule has 1 rings (SSSR count). The molecular weight excluding hydrogens is 358 g/mol. The van der Waals surface area contributed by atoms with Crippen LogP contribution < -0.4 is 0 Å². The number of sulfonamides is 1. The Labute approximate surface area is 168 Å². The Morgan fingerprint density at radius 1 is 1.15 bits per heavy atom. The van der Waals surface area contributed by atoms with E-state index in [0.29, 0.717) is 32.7 Å². The van der Waals surface area contributed by atoms with Gasteiger partial charge in [-0.1, -0.05) is 62.4 Å². The summed E-state index contributed by atoms with van der Waals surface area (Å²) in [5.41, 5.74) is 1.01. The molecule has 0 N–H and O–H groups in total. The van der Waals surface area contributed by atoms with E-state index in [2.05, 4.69) is 6.58 Å². The molecule has 0 saturated heterocycles. The first-order valence-electron chi connectivity index (χ1n) is 9.79. The minimum absolute atomic E-state index is 0.135. The second-order valence-electron chi connectivity index (χ2n) is 5.45. The van der Waals surface area contributed by atoms with Crippen LogP contribution in [0.2, 0.25) is 0 Å². The highest BCUT2D eigenvalue weighted by atomic mass is 32.2. The SMILES string of the molecule is C/C=C\CCN(Cc1ccccc1)S(=O)(=O)CCCOCC.C=CC.CC. The van der Waals surface area contributed by atoms with E-state index in [4.69, 9.17) is 4.74 Å². The summed E-state index contributed by atoms with van der Waals surface area (Å²) in [6, 6.07) is 9.71. The van der Waals surface area contributed by atoms with E-state index >= 15 is 0 Å². The lowest BCUT2D eigenvalue weighted by atomic mass is 10.2. The minimum atomic E-state index is -3.26. The Bertz CT molecular complexity index is 568. The van der Waals surface area contributed by atoms with Gasteiger partial charge in [-0.15, -0.1) is 6.58 Å². The summed E-state index contributed by atoms with van der Waals surface area (Å²) in [5.74, 6) is 0.135. The molecule has 0 spiro atoms. The van der Waals surface area contributed by atoms with Crippen molar-refractivity contribution in [2.45, 2.75) is 54.0 Å². The van der Waals surface area contributed by atoms with Crippen molar-refractivity contribution in [1.29, 1.82) is 0 Å². The van der Waals surface area contributed by atoms with E-state index in [-0.39, 0.29) is 5.75 Å². The van der Waals surface area contributed by atoms with E-state index in [1.807, 2.05) is 77.1 Å². The summed E-state index contributed by atoms with van der Waals surface area (Å²) >= 11 is 0. The lowest BCUT2D eigenvalue weighted by Crippen LogP contribution is -2.33. The summed E-state index contributed by atoms with van der Waals surface area (Å²) < 4.78 is 31.9. The fourth-order valence-electron chi connectivity index (χ4n) is 2.11. The van der Waals surface area contributed by atoms with Crippen LogP contribution in [-0.2, 0) is 21.3 Å². The minimum Gasteiger partial charge on any atom is -0.382 e. The third-order valence-electron chi connectivity index (χ3n) is 3.27. The zero-order valence-corrected chi connectivity index (χ0v) is 18.7. The zero-order chi connectivity index (χ0) is 21.0. The van der Waals surface area contributed by atoms with Crippen LogP contribution in [0.1, 0.15) is 53.0 Å². The van der Waals surface area contributed by atoms with E-state index < -0.39 is 10.0 Å². The fraction of sp³-hybridized carbons (Fsp3) is 0.545. The molecule has 0 amide bonds. The van der Waals surface area contributed by atoms with Gasteiger partial charge in [-0.2, -0.15) is 4.31 Å². The first-order valence-corrected chi connectivity index (χ1v) is 11.4. The highest BCUT2D eigenvalue weighted by molar-refractivity contribution is 7.89. The highest BCUT2D eigenvalue weighted by Gasteiger charge is 2.21. The van der Waals surface area contributed by atoms with Crippen LogP contribution in [0, 0.1) is 0 Å². The maximum absolute atomic E-state index is 12.5. The normalized spacial score (nSPS) is 10.7. The van der Waals surface area contributed by atoms with Crippen LogP contribution in [0.25, 0.3) is 0 Å². The predicted molar refractivity (Wildman–Crippen MR) is 118 cm³/mol. The van der Waals surface area contributed by atoms with E-state index in [1.165, 1.54) is 0 Å². The first kappa shape index (κ1) is 27.8. The standard InChI is InChI=1S/C17H27NO3S.C3H6.C2H6/c1-3-5-9-13-18(16-17-11-7-6-8-12-17)22(19,20)15-10-14-21-4-2;1-3-2;1-2/h3,5-8,11-12H,4,9-10,13-16H2,1-2H3;3H,1H2,2H3;1-2H3/b5-3-;;. The lowest BCUT2D eigenvalue weighted by Gasteiger charge is -2.22. The largest absolute Gasteiger partial charge is 0.382 e. The molecule has 0 bridgehead atoms. The molecule has 156 valence electrons.